The van der Waals surface area contributed by atoms with E-state index in [9.17, 15) is 4.79 Å². The van der Waals surface area contributed by atoms with Gasteiger partial charge in [0.1, 0.15) is 5.82 Å². The van der Waals surface area contributed by atoms with Crippen molar-refractivity contribution in [2.45, 2.75) is 70.8 Å². The molecule has 1 aliphatic heterocycles. The van der Waals surface area contributed by atoms with Crippen molar-refractivity contribution in [3.05, 3.63) is 62.8 Å². The SMILES string of the molecule is Cc1cccc(CN2CCC3(CCc4c3nc(C(C)(C)C)[nH]c4=O)CC2)c1. The Bertz CT molecular complexity index is 899. The lowest BCUT2D eigenvalue weighted by molar-refractivity contribution is 0.149. The molecule has 1 fully saturated rings. The Balaban J connectivity index is 1.55. The second kappa shape index (κ2) is 6.59. The Kier molecular flexibility index (Phi) is 4.50. The van der Waals surface area contributed by atoms with Crippen LogP contribution in [0.3, 0.4) is 0 Å². The quantitative estimate of drug-likeness (QED) is 0.879. The topological polar surface area (TPSA) is 49.0 Å². The summed E-state index contributed by atoms with van der Waals surface area (Å²) in [5.74, 6) is 0.828. The molecule has 4 nitrogen and oxygen atoms in total. The fourth-order valence-corrected chi connectivity index (χ4v) is 4.70. The molecule has 2 heterocycles. The smallest absolute Gasteiger partial charge is 0.254 e. The van der Waals surface area contributed by atoms with Crippen LogP contribution in [-0.4, -0.2) is 28.0 Å². The highest BCUT2D eigenvalue weighted by molar-refractivity contribution is 5.34. The first-order valence-corrected chi connectivity index (χ1v) is 10.2. The molecule has 1 N–H and O–H groups in total. The number of aryl methyl sites for hydroxylation is 1. The minimum atomic E-state index is -0.135. The van der Waals surface area contributed by atoms with Crippen molar-refractivity contribution in [1.82, 2.24) is 14.9 Å². The molecule has 2 aliphatic rings. The fraction of sp³-hybridized carbons (Fsp3) is 0.565. The summed E-state index contributed by atoms with van der Waals surface area (Å²) in [5, 5.41) is 0. The molecule has 1 saturated heterocycles. The van der Waals surface area contributed by atoms with Crippen LogP contribution in [-0.2, 0) is 23.8 Å². The Morgan fingerprint density at radius 2 is 1.93 bits per heavy atom. The van der Waals surface area contributed by atoms with Gasteiger partial charge in [-0.1, -0.05) is 50.6 Å². The summed E-state index contributed by atoms with van der Waals surface area (Å²) < 4.78 is 0. The molecule has 0 unspecified atom stereocenters. The highest BCUT2D eigenvalue weighted by Gasteiger charge is 2.44. The first-order valence-electron chi connectivity index (χ1n) is 10.2. The Labute approximate surface area is 162 Å². The zero-order valence-electron chi connectivity index (χ0n) is 17.1. The predicted molar refractivity (Wildman–Crippen MR) is 109 cm³/mol. The maximum absolute atomic E-state index is 12.6. The third-order valence-corrected chi connectivity index (χ3v) is 6.38. The van der Waals surface area contributed by atoms with Crippen LogP contribution in [0.15, 0.2) is 29.1 Å². The van der Waals surface area contributed by atoms with Crippen LogP contribution in [0, 0.1) is 6.92 Å². The molecule has 2 aromatic rings. The number of hydrogen-bond acceptors (Lipinski definition) is 3. The van der Waals surface area contributed by atoms with Gasteiger partial charge in [-0.15, -0.1) is 0 Å². The minimum Gasteiger partial charge on any atom is -0.310 e. The van der Waals surface area contributed by atoms with E-state index in [1.807, 2.05) is 0 Å². The summed E-state index contributed by atoms with van der Waals surface area (Å²) >= 11 is 0. The first kappa shape index (κ1) is 18.4. The van der Waals surface area contributed by atoms with E-state index in [-0.39, 0.29) is 16.4 Å². The molecule has 1 aliphatic carbocycles. The van der Waals surface area contributed by atoms with Gasteiger partial charge in [-0.05, 0) is 51.3 Å². The van der Waals surface area contributed by atoms with E-state index in [1.165, 1.54) is 11.1 Å². The number of aromatic amines is 1. The van der Waals surface area contributed by atoms with E-state index < -0.39 is 0 Å². The molecule has 4 rings (SSSR count). The number of rotatable bonds is 2. The van der Waals surface area contributed by atoms with Crippen LogP contribution in [0.4, 0.5) is 0 Å². The van der Waals surface area contributed by atoms with E-state index in [1.54, 1.807) is 0 Å². The number of aromatic nitrogens is 2. The second-order valence-corrected chi connectivity index (χ2v) is 9.54. The molecule has 4 heteroatoms. The summed E-state index contributed by atoms with van der Waals surface area (Å²) in [6, 6.07) is 8.80. The van der Waals surface area contributed by atoms with Gasteiger partial charge in [0, 0.05) is 22.9 Å². The summed E-state index contributed by atoms with van der Waals surface area (Å²) in [6.45, 7) is 11.7. The maximum atomic E-state index is 12.6. The number of fused-ring (bicyclic) bond motifs is 2. The molecule has 1 spiro atoms. The summed E-state index contributed by atoms with van der Waals surface area (Å²) in [4.78, 5) is 23.2. The standard InChI is InChI=1S/C23H31N3O/c1-16-6-5-7-17(14-16)15-26-12-10-23(11-13-26)9-8-18-19(23)24-21(22(2,3)4)25-20(18)27/h5-7,14H,8-13,15H2,1-4H3,(H,24,25,27). The van der Waals surface area contributed by atoms with Crippen LogP contribution >= 0.6 is 0 Å². The number of nitrogens with one attached hydrogen (secondary N) is 1. The lowest BCUT2D eigenvalue weighted by Crippen LogP contribution is -2.42. The molecular formula is C23H31N3O. The van der Waals surface area contributed by atoms with Crippen LogP contribution in [0.25, 0.3) is 0 Å². The van der Waals surface area contributed by atoms with Gasteiger partial charge >= 0.3 is 0 Å². The number of piperidine rings is 1. The van der Waals surface area contributed by atoms with Crippen molar-refractivity contribution in [3.8, 4) is 0 Å². The highest BCUT2D eigenvalue weighted by Crippen LogP contribution is 2.44. The third kappa shape index (κ3) is 3.47. The van der Waals surface area contributed by atoms with Gasteiger partial charge in [0.2, 0.25) is 0 Å². The van der Waals surface area contributed by atoms with Crippen molar-refractivity contribution in [2.24, 2.45) is 0 Å². The molecule has 0 saturated carbocycles. The molecule has 0 radical (unpaired) electrons. The van der Waals surface area contributed by atoms with Gasteiger partial charge < -0.3 is 4.98 Å². The van der Waals surface area contributed by atoms with Gasteiger partial charge in [0.05, 0.1) is 5.69 Å². The van der Waals surface area contributed by atoms with Gasteiger partial charge in [-0.25, -0.2) is 4.98 Å². The summed E-state index contributed by atoms with van der Waals surface area (Å²) in [7, 11) is 0. The van der Waals surface area contributed by atoms with E-state index >= 15 is 0 Å². The molecule has 0 bridgehead atoms. The van der Waals surface area contributed by atoms with E-state index in [0.29, 0.717) is 0 Å². The molecule has 1 aromatic heterocycles. The zero-order valence-corrected chi connectivity index (χ0v) is 17.1. The van der Waals surface area contributed by atoms with Crippen molar-refractivity contribution in [1.29, 1.82) is 0 Å². The molecule has 0 atom stereocenters. The Morgan fingerprint density at radius 3 is 2.59 bits per heavy atom. The molecule has 0 amide bonds. The van der Waals surface area contributed by atoms with Gasteiger partial charge in [-0.2, -0.15) is 0 Å². The van der Waals surface area contributed by atoms with Gasteiger partial charge in [-0.3, -0.25) is 9.69 Å². The van der Waals surface area contributed by atoms with Crippen molar-refractivity contribution in [2.75, 3.05) is 13.1 Å². The van der Waals surface area contributed by atoms with E-state index in [4.69, 9.17) is 4.98 Å². The fourth-order valence-electron chi connectivity index (χ4n) is 4.70. The number of benzene rings is 1. The number of nitrogens with zero attached hydrogens (tertiary/aromatic N) is 2. The molecular weight excluding hydrogens is 334 g/mol. The predicted octanol–water partition coefficient (Wildman–Crippen LogP) is 3.86. The average molecular weight is 366 g/mol. The van der Waals surface area contributed by atoms with Crippen molar-refractivity contribution >= 4 is 0 Å². The van der Waals surface area contributed by atoms with Gasteiger partial charge in [0.25, 0.3) is 5.56 Å². The largest absolute Gasteiger partial charge is 0.310 e. The molecule has 144 valence electrons. The van der Waals surface area contributed by atoms with Crippen LogP contribution in [0.1, 0.15) is 68.2 Å². The summed E-state index contributed by atoms with van der Waals surface area (Å²) in [6.07, 6.45) is 4.15. The van der Waals surface area contributed by atoms with Crippen LogP contribution < -0.4 is 5.56 Å². The number of hydrogen-bond donors (Lipinski definition) is 1. The summed E-state index contributed by atoms with van der Waals surface area (Å²) in [5.41, 5.74) is 4.81. The Hall–Kier alpha value is -1.94. The van der Waals surface area contributed by atoms with Crippen molar-refractivity contribution in [3.63, 3.8) is 0 Å². The highest BCUT2D eigenvalue weighted by atomic mass is 16.1. The van der Waals surface area contributed by atoms with Crippen molar-refractivity contribution < 1.29 is 0 Å². The second-order valence-electron chi connectivity index (χ2n) is 9.54. The molecule has 1 aromatic carbocycles. The monoisotopic (exact) mass is 365 g/mol. The van der Waals surface area contributed by atoms with Crippen LogP contribution in [0.5, 0.6) is 0 Å². The van der Waals surface area contributed by atoms with Gasteiger partial charge in [0.15, 0.2) is 0 Å². The average Bonchev–Trinajstić information content (AvgIpc) is 2.96. The third-order valence-electron chi connectivity index (χ3n) is 6.38. The zero-order chi connectivity index (χ0) is 19.2. The minimum absolute atomic E-state index is 0.0870. The maximum Gasteiger partial charge on any atom is 0.254 e. The van der Waals surface area contributed by atoms with E-state index in [2.05, 4.69) is 61.8 Å². The van der Waals surface area contributed by atoms with E-state index in [0.717, 1.165) is 62.4 Å². The first-order chi connectivity index (χ1) is 12.8. The number of H-pyrrole nitrogens is 1. The van der Waals surface area contributed by atoms with Crippen LogP contribution in [0.2, 0.25) is 0 Å². The molecule has 27 heavy (non-hydrogen) atoms. The number of likely N-dealkylation sites (tertiary alicyclic amines) is 1. The lowest BCUT2D eigenvalue weighted by Gasteiger charge is -2.39. The Morgan fingerprint density at radius 1 is 1.19 bits per heavy atom. The lowest BCUT2D eigenvalue weighted by atomic mass is 9.76. The normalized spacial score (nSPS) is 19.4.